The molecule has 1 aliphatic carbocycles. The van der Waals surface area contributed by atoms with Crippen LogP contribution in [0.25, 0.3) is 0 Å². The first-order valence-electron chi connectivity index (χ1n) is 7.27. The van der Waals surface area contributed by atoms with E-state index in [2.05, 4.69) is 35.8 Å². The fourth-order valence-electron chi connectivity index (χ4n) is 3.57. The number of nitrogens with zero attached hydrogens (tertiary/aromatic N) is 3. The van der Waals surface area contributed by atoms with Crippen LogP contribution in [0.15, 0.2) is 4.52 Å². The Morgan fingerprint density at radius 2 is 2.06 bits per heavy atom. The topological polar surface area (TPSA) is 42.2 Å². The van der Waals surface area contributed by atoms with Crippen molar-refractivity contribution in [1.82, 2.24) is 10.1 Å². The molecule has 18 heavy (non-hydrogen) atoms. The van der Waals surface area contributed by atoms with Gasteiger partial charge in [-0.2, -0.15) is 4.98 Å². The SMILES string of the molecule is CC(C)c1noc(N2CC(C)C3CCCCC32)n1. The Morgan fingerprint density at radius 3 is 2.78 bits per heavy atom. The molecule has 0 N–H and O–H groups in total. The smallest absolute Gasteiger partial charge is 0.321 e. The normalized spacial score (nSPS) is 32.0. The van der Waals surface area contributed by atoms with Crippen molar-refractivity contribution in [3.05, 3.63) is 5.82 Å². The Bertz CT molecular complexity index is 415. The van der Waals surface area contributed by atoms with Crippen molar-refractivity contribution in [2.45, 2.75) is 58.4 Å². The Balaban J connectivity index is 1.82. The third-order valence-corrected chi connectivity index (χ3v) is 4.59. The quantitative estimate of drug-likeness (QED) is 0.807. The van der Waals surface area contributed by atoms with Crippen LogP contribution >= 0.6 is 0 Å². The number of hydrogen-bond donors (Lipinski definition) is 0. The molecule has 1 saturated heterocycles. The molecular weight excluding hydrogens is 226 g/mol. The van der Waals surface area contributed by atoms with Crippen LogP contribution in [0.3, 0.4) is 0 Å². The van der Waals surface area contributed by atoms with E-state index >= 15 is 0 Å². The maximum atomic E-state index is 5.47. The van der Waals surface area contributed by atoms with Gasteiger partial charge in [-0.25, -0.2) is 0 Å². The average molecular weight is 249 g/mol. The van der Waals surface area contributed by atoms with Gasteiger partial charge >= 0.3 is 6.01 Å². The summed E-state index contributed by atoms with van der Waals surface area (Å²) in [5.74, 6) is 2.75. The number of aromatic nitrogens is 2. The monoisotopic (exact) mass is 249 g/mol. The van der Waals surface area contributed by atoms with E-state index in [1.54, 1.807) is 0 Å². The molecule has 100 valence electrons. The van der Waals surface area contributed by atoms with Crippen molar-refractivity contribution < 1.29 is 4.52 Å². The molecule has 0 radical (unpaired) electrons. The van der Waals surface area contributed by atoms with Gasteiger partial charge < -0.3 is 9.42 Å². The van der Waals surface area contributed by atoms with Gasteiger partial charge in [-0.3, -0.25) is 0 Å². The summed E-state index contributed by atoms with van der Waals surface area (Å²) in [6.45, 7) is 7.65. The number of fused-ring (bicyclic) bond motifs is 1. The van der Waals surface area contributed by atoms with E-state index in [-0.39, 0.29) is 0 Å². The first kappa shape index (κ1) is 12.0. The summed E-state index contributed by atoms with van der Waals surface area (Å²) in [7, 11) is 0. The zero-order chi connectivity index (χ0) is 12.7. The third kappa shape index (κ3) is 1.91. The van der Waals surface area contributed by atoms with Crippen molar-refractivity contribution in [2.24, 2.45) is 11.8 Å². The average Bonchev–Trinajstić information content (AvgIpc) is 2.95. The van der Waals surface area contributed by atoms with Gasteiger partial charge in [0.1, 0.15) is 0 Å². The molecule has 1 aromatic heterocycles. The molecular formula is C14H23N3O. The molecule has 0 aromatic carbocycles. The summed E-state index contributed by atoms with van der Waals surface area (Å²) < 4.78 is 5.47. The van der Waals surface area contributed by atoms with Gasteiger partial charge in [0.15, 0.2) is 5.82 Å². The fraction of sp³-hybridized carbons (Fsp3) is 0.857. The van der Waals surface area contributed by atoms with Crippen LogP contribution in [0.1, 0.15) is 58.2 Å². The molecule has 4 nitrogen and oxygen atoms in total. The third-order valence-electron chi connectivity index (χ3n) is 4.59. The summed E-state index contributed by atoms with van der Waals surface area (Å²) in [6.07, 6.45) is 5.39. The van der Waals surface area contributed by atoms with E-state index in [1.165, 1.54) is 25.7 Å². The lowest BCUT2D eigenvalue weighted by Crippen LogP contribution is -2.35. The van der Waals surface area contributed by atoms with Crippen molar-refractivity contribution in [2.75, 3.05) is 11.4 Å². The minimum Gasteiger partial charge on any atom is -0.321 e. The van der Waals surface area contributed by atoms with E-state index in [0.29, 0.717) is 12.0 Å². The molecule has 4 heteroatoms. The zero-order valence-electron chi connectivity index (χ0n) is 11.6. The summed E-state index contributed by atoms with van der Waals surface area (Å²) in [5, 5.41) is 4.10. The Hall–Kier alpha value is -1.06. The van der Waals surface area contributed by atoms with E-state index in [4.69, 9.17) is 4.52 Å². The maximum Gasteiger partial charge on any atom is 0.324 e. The van der Waals surface area contributed by atoms with Crippen LogP contribution in [0.4, 0.5) is 6.01 Å². The first-order chi connectivity index (χ1) is 8.66. The minimum absolute atomic E-state index is 0.338. The predicted octanol–water partition coefficient (Wildman–Crippen LogP) is 3.21. The number of rotatable bonds is 2. The van der Waals surface area contributed by atoms with Gasteiger partial charge in [0.05, 0.1) is 0 Å². The van der Waals surface area contributed by atoms with E-state index in [1.807, 2.05) is 0 Å². The van der Waals surface area contributed by atoms with Crippen LogP contribution < -0.4 is 4.90 Å². The molecule has 3 rings (SSSR count). The van der Waals surface area contributed by atoms with Crippen molar-refractivity contribution in [3.8, 4) is 0 Å². The molecule has 1 aromatic rings. The van der Waals surface area contributed by atoms with Crippen molar-refractivity contribution in [3.63, 3.8) is 0 Å². The van der Waals surface area contributed by atoms with Gasteiger partial charge in [0.25, 0.3) is 0 Å². The second-order valence-corrected chi connectivity index (χ2v) is 6.24. The van der Waals surface area contributed by atoms with Crippen molar-refractivity contribution in [1.29, 1.82) is 0 Å². The molecule has 2 heterocycles. The maximum absolute atomic E-state index is 5.47. The standard InChI is InChI=1S/C14H23N3O/c1-9(2)13-15-14(18-16-13)17-8-10(3)11-6-4-5-7-12(11)17/h9-12H,4-8H2,1-3H3. The second-order valence-electron chi connectivity index (χ2n) is 6.24. The van der Waals surface area contributed by atoms with Crippen LogP contribution in [0.2, 0.25) is 0 Å². The van der Waals surface area contributed by atoms with E-state index in [0.717, 1.165) is 30.2 Å². The molecule has 0 amide bonds. The fourth-order valence-corrected chi connectivity index (χ4v) is 3.57. The predicted molar refractivity (Wildman–Crippen MR) is 70.6 cm³/mol. The lowest BCUT2D eigenvalue weighted by atomic mass is 9.80. The molecule has 2 fully saturated rings. The molecule has 3 atom stereocenters. The lowest BCUT2D eigenvalue weighted by Gasteiger charge is -2.30. The Morgan fingerprint density at radius 1 is 1.28 bits per heavy atom. The first-order valence-corrected chi connectivity index (χ1v) is 7.27. The number of anilines is 1. The lowest BCUT2D eigenvalue weighted by molar-refractivity contribution is 0.288. The van der Waals surface area contributed by atoms with Gasteiger partial charge in [-0.1, -0.05) is 38.8 Å². The van der Waals surface area contributed by atoms with Crippen LogP contribution in [-0.4, -0.2) is 22.7 Å². The van der Waals surface area contributed by atoms with Gasteiger partial charge in [0, 0.05) is 18.5 Å². The van der Waals surface area contributed by atoms with Gasteiger partial charge in [-0.05, 0) is 24.7 Å². The highest BCUT2D eigenvalue weighted by atomic mass is 16.5. The molecule has 2 aliphatic rings. The highest BCUT2D eigenvalue weighted by Crippen LogP contribution is 2.41. The molecule has 0 spiro atoms. The summed E-state index contributed by atoms with van der Waals surface area (Å²) in [5.41, 5.74) is 0. The van der Waals surface area contributed by atoms with Gasteiger partial charge in [0.2, 0.25) is 0 Å². The highest BCUT2D eigenvalue weighted by molar-refractivity contribution is 5.32. The molecule has 3 unspecified atom stereocenters. The Labute approximate surface area is 109 Å². The van der Waals surface area contributed by atoms with Crippen LogP contribution in [0, 0.1) is 11.8 Å². The Kier molecular flexibility index (Phi) is 3.04. The van der Waals surface area contributed by atoms with Gasteiger partial charge in [-0.15, -0.1) is 0 Å². The van der Waals surface area contributed by atoms with Crippen LogP contribution in [0.5, 0.6) is 0 Å². The largest absolute Gasteiger partial charge is 0.324 e. The van der Waals surface area contributed by atoms with Crippen LogP contribution in [-0.2, 0) is 0 Å². The summed E-state index contributed by atoms with van der Waals surface area (Å²) in [4.78, 5) is 6.93. The second kappa shape index (κ2) is 4.56. The number of hydrogen-bond acceptors (Lipinski definition) is 4. The molecule has 0 bridgehead atoms. The highest BCUT2D eigenvalue weighted by Gasteiger charge is 2.42. The summed E-state index contributed by atoms with van der Waals surface area (Å²) >= 11 is 0. The molecule has 1 saturated carbocycles. The zero-order valence-corrected chi connectivity index (χ0v) is 11.6. The van der Waals surface area contributed by atoms with E-state index < -0.39 is 0 Å². The molecule has 1 aliphatic heterocycles. The van der Waals surface area contributed by atoms with Crippen molar-refractivity contribution >= 4 is 6.01 Å². The van der Waals surface area contributed by atoms with E-state index in [9.17, 15) is 0 Å². The minimum atomic E-state index is 0.338. The summed E-state index contributed by atoms with van der Waals surface area (Å²) in [6, 6.07) is 1.38.